The van der Waals surface area contributed by atoms with Crippen LogP contribution in [0.4, 0.5) is 18.9 Å². The van der Waals surface area contributed by atoms with Crippen LogP contribution in [0.2, 0.25) is 0 Å². The van der Waals surface area contributed by atoms with Gasteiger partial charge in [-0.15, -0.1) is 13.2 Å². The van der Waals surface area contributed by atoms with E-state index in [4.69, 9.17) is 0 Å². The van der Waals surface area contributed by atoms with Crippen LogP contribution in [0.5, 0.6) is 5.75 Å². The lowest BCUT2D eigenvalue weighted by atomic mass is 10.2. The Labute approximate surface area is 152 Å². The summed E-state index contributed by atoms with van der Waals surface area (Å²) in [6.07, 6.45) is -4.60. The number of hydrogen-bond donors (Lipinski definition) is 0. The van der Waals surface area contributed by atoms with Crippen molar-refractivity contribution in [3.63, 3.8) is 0 Å². The summed E-state index contributed by atoms with van der Waals surface area (Å²) in [5.41, 5.74) is 0.458. The average molecular weight is 408 g/mol. The van der Waals surface area contributed by atoms with Crippen molar-refractivity contribution in [3.8, 4) is 5.75 Å². The Morgan fingerprint density at radius 1 is 1.31 bits per heavy atom. The molecule has 0 bridgehead atoms. The Balaban J connectivity index is 1.92. The van der Waals surface area contributed by atoms with Crippen molar-refractivity contribution in [1.29, 1.82) is 0 Å². The number of anilines is 1. The second-order valence-corrected chi connectivity index (χ2v) is 9.21. The standard InChI is InChI=1S/C15H15F3N2O4S2/c1-2-13(21)19-14-20(11-7-26(22,23)8-12(11)25-14)9-3-5-10(6-4-9)24-15(16,17)18/h3-6,11-12H,2,7-8H2,1H3/t11-,12+/m1/s1. The second-order valence-electron chi connectivity index (χ2n) is 5.85. The number of amides is 1. The third-order valence-electron chi connectivity index (χ3n) is 3.94. The van der Waals surface area contributed by atoms with Gasteiger partial charge >= 0.3 is 6.36 Å². The topological polar surface area (TPSA) is 76.0 Å². The van der Waals surface area contributed by atoms with Gasteiger partial charge in [0.15, 0.2) is 15.0 Å². The van der Waals surface area contributed by atoms with Crippen LogP contribution in [0.3, 0.4) is 0 Å². The van der Waals surface area contributed by atoms with Gasteiger partial charge in [-0.2, -0.15) is 4.99 Å². The fraction of sp³-hybridized carbons (Fsp3) is 0.467. The van der Waals surface area contributed by atoms with Gasteiger partial charge in [0.2, 0.25) is 5.91 Å². The van der Waals surface area contributed by atoms with Gasteiger partial charge in [0.1, 0.15) is 5.75 Å². The van der Waals surface area contributed by atoms with Crippen LogP contribution in [-0.4, -0.2) is 48.7 Å². The molecule has 0 saturated carbocycles. The Morgan fingerprint density at radius 3 is 2.54 bits per heavy atom. The number of sulfone groups is 1. The minimum Gasteiger partial charge on any atom is -0.406 e. The fourth-order valence-electron chi connectivity index (χ4n) is 2.86. The molecule has 0 unspecified atom stereocenters. The summed E-state index contributed by atoms with van der Waals surface area (Å²) in [5.74, 6) is -0.845. The SMILES string of the molecule is CCC(=O)N=C1S[C@H]2CS(=O)(=O)C[C@H]2N1c1ccc(OC(F)(F)F)cc1. The molecule has 1 amide bonds. The highest BCUT2D eigenvalue weighted by atomic mass is 32.2. The van der Waals surface area contributed by atoms with Crippen LogP contribution in [0.1, 0.15) is 13.3 Å². The van der Waals surface area contributed by atoms with Crippen molar-refractivity contribution in [2.75, 3.05) is 16.4 Å². The molecule has 11 heteroatoms. The molecule has 1 aromatic carbocycles. The van der Waals surface area contributed by atoms with Gasteiger partial charge in [0.05, 0.1) is 17.5 Å². The molecule has 26 heavy (non-hydrogen) atoms. The molecule has 0 radical (unpaired) electrons. The van der Waals surface area contributed by atoms with Crippen molar-refractivity contribution in [2.24, 2.45) is 4.99 Å². The molecule has 2 saturated heterocycles. The van der Waals surface area contributed by atoms with E-state index in [2.05, 4.69) is 9.73 Å². The number of carbonyl (C=O) groups is 1. The molecule has 3 rings (SSSR count). The Hall–Kier alpha value is -1.75. The van der Waals surface area contributed by atoms with Crippen molar-refractivity contribution < 1.29 is 31.1 Å². The lowest BCUT2D eigenvalue weighted by Crippen LogP contribution is -2.37. The summed E-state index contributed by atoms with van der Waals surface area (Å²) < 4.78 is 64.6. The number of rotatable bonds is 3. The maximum Gasteiger partial charge on any atom is 0.573 e. The predicted molar refractivity (Wildman–Crippen MR) is 92.2 cm³/mol. The number of ether oxygens (including phenoxy) is 1. The lowest BCUT2D eigenvalue weighted by molar-refractivity contribution is -0.274. The van der Waals surface area contributed by atoms with E-state index in [1.165, 1.54) is 23.9 Å². The van der Waals surface area contributed by atoms with E-state index in [0.29, 0.717) is 10.9 Å². The molecule has 0 aliphatic carbocycles. The highest BCUT2D eigenvalue weighted by molar-refractivity contribution is 8.16. The summed E-state index contributed by atoms with van der Waals surface area (Å²) >= 11 is 1.21. The Bertz CT molecular complexity index is 837. The number of thioether (sulfide) groups is 1. The number of carbonyl (C=O) groups excluding carboxylic acids is 1. The van der Waals surface area contributed by atoms with Crippen LogP contribution in [0.25, 0.3) is 0 Å². The van der Waals surface area contributed by atoms with Crippen LogP contribution in [-0.2, 0) is 14.6 Å². The second kappa shape index (κ2) is 6.76. The summed E-state index contributed by atoms with van der Waals surface area (Å²) in [6, 6.07) is 4.65. The molecule has 2 aliphatic heterocycles. The molecule has 2 atom stereocenters. The number of amidine groups is 1. The zero-order valence-corrected chi connectivity index (χ0v) is 15.2. The zero-order chi connectivity index (χ0) is 19.1. The number of halogens is 3. The van der Waals surface area contributed by atoms with E-state index in [0.717, 1.165) is 12.1 Å². The van der Waals surface area contributed by atoms with Crippen LogP contribution in [0, 0.1) is 0 Å². The molecule has 1 aromatic rings. The molecule has 2 fully saturated rings. The molecule has 0 N–H and O–H groups in total. The first-order valence-corrected chi connectivity index (χ1v) is 10.4. The smallest absolute Gasteiger partial charge is 0.406 e. The minimum atomic E-state index is -4.80. The zero-order valence-electron chi connectivity index (χ0n) is 13.6. The number of hydrogen-bond acceptors (Lipinski definition) is 5. The molecule has 0 aromatic heterocycles. The first-order valence-electron chi connectivity index (χ1n) is 7.71. The van der Waals surface area contributed by atoms with Crippen LogP contribution < -0.4 is 9.64 Å². The van der Waals surface area contributed by atoms with E-state index in [1.54, 1.807) is 11.8 Å². The van der Waals surface area contributed by atoms with Gasteiger partial charge in [-0.3, -0.25) is 4.79 Å². The summed E-state index contributed by atoms with van der Waals surface area (Å²) in [5, 5.41) is 0.0979. The predicted octanol–water partition coefficient (Wildman–Crippen LogP) is 2.60. The molecular weight excluding hydrogens is 393 g/mol. The molecule has 2 aliphatic rings. The normalized spacial score (nSPS) is 26.2. The van der Waals surface area contributed by atoms with Crippen molar-refractivity contribution in [2.45, 2.75) is 31.0 Å². The van der Waals surface area contributed by atoms with E-state index >= 15 is 0 Å². The minimum absolute atomic E-state index is 0.0204. The summed E-state index contributed by atoms with van der Waals surface area (Å²) in [6.45, 7) is 1.66. The average Bonchev–Trinajstić information content (AvgIpc) is 2.97. The van der Waals surface area contributed by atoms with Gasteiger partial charge in [-0.1, -0.05) is 18.7 Å². The third-order valence-corrected chi connectivity index (χ3v) is 7.15. The van der Waals surface area contributed by atoms with Crippen molar-refractivity contribution in [3.05, 3.63) is 24.3 Å². The number of benzene rings is 1. The van der Waals surface area contributed by atoms with Gasteiger partial charge in [0.25, 0.3) is 0 Å². The fourth-order valence-corrected chi connectivity index (χ4v) is 6.79. The van der Waals surface area contributed by atoms with E-state index in [-0.39, 0.29) is 34.8 Å². The number of aliphatic imine (C=N–C) groups is 1. The highest BCUT2D eigenvalue weighted by Gasteiger charge is 2.49. The maximum absolute atomic E-state index is 12.3. The van der Waals surface area contributed by atoms with E-state index in [1.807, 2.05) is 0 Å². The Morgan fingerprint density at radius 2 is 1.96 bits per heavy atom. The number of nitrogens with zero attached hydrogens (tertiary/aromatic N) is 2. The monoisotopic (exact) mass is 408 g/mol. The molecule has 142 valence electrons. The van der Waals surface area contributed by atoms with Gasteiger partial charge in [-0.25, -0.2) is 8.42 Å². The van der Waals surface area contributed by atoms with E-state index in [9.17, 15) is 26.4 Å². The maximum atomic E-state index is 12.3. The molecule has 6 nitrogen and oxygen atoms in total. The van der Waals surface area contributed by atoms with E-state index < -0.39 is 22.2 Å². The number of alkyl halides is 3. The molecular formula is C15H15F3N2O4S2. The van der Waals surface area contributed by atoms with Gasteiger partial charge < -0.3 is 9.64 Å². The van der Waals surface area contributed by atoms with Gasteiger partial charge in [0, 0.05) is 17.4 Å². The van der Waals surface area contributed by atoms with Crippen molar-refractivity contribution >= 4 is 38.4 Å². The first kappa shape index (κ1) is 19.0. The third kappa shape index (κ3) is 4.14. The van der Waals surface area contributed by atoms with Crippen LogP contribution in [0.15, 0.2) is 29.3 Å². The summed E-state index contributed by atoms with van der Waals surface area (Å²) in [4.78, 5) is 17.4. The highest BCUT2D eigenvalue weighted by Crippen LogP contribution is 2.41. The quantitative estimate of drug-likeness (QED) is 0.765. The first-order chi connectivity index (χ1) is 12.1. The molecule has 0 spiro atoms. The largest absolute Gasteiger partial charge is 0.573 e. The van der Waals surface area contributed by atoms with Crippen molar-refractivity contribution in [1.82, 2.24) is 0 Å². The summed E-state index contributed by atoms with van der Waals surface area (Å²) in [7, 11) is -3.21. The van der Waals surface area contributed by atoms with Gasteiger partial charge in [-0.05, 0) is 24.3 Å². The molecule has 2 heterocycles. The number of fused-ring (bicyclic) bond motifs is 1. The van der Waals surface area contributed by atoms with Crippen LogP contribution >= 0.6 is 11.8 Å². The Kier molecular flexibility index (Phi) is 4.95. The lowest BCUT2D eigenvalue weighted by Gasteiger charge is -2.24.